The summed E-state index contributed by atoms with van der Waals surface area (Å²) in [5, 5.41) is 3.54. The van der Waals surface area contributed by atoms with Crippen molar-refractivity contribution in [3.05, 3.63) is 71.8 Å². The third kappa shape index (κ3) is 4.22. The molecule has 0 unspecified atom stereocenters. The number of hydrogen-bond acceptors (Lipinski definition) is 2. The highest BCUT2D eigenvalue weighted by atomic mass is 15.1. The van der Waals surface area contributed by atoms with Crippen molar-refractivity contribution in [1.29, 1.82) is 0 Å². The Kier molecular flexibility index (Phi) is 5.47. The zero-order valence-corrected chi connectivity index (χ0v) is 13.5. The number of rotatable bonds is 5. The third-order valence-corrected chi connectivity index (χ3v) is 4.64. The minimum Gasteiger partial charge on any atom is -0.303 e. The number of benzene rings is 2. The summed E-state index contributed by atoms with van der Waals surface area (Å²) in [7, 11) is 0. The predicted octanol–water partition coefficient (Wildman–Crippen LogP) is 3.27. The van der Waals surface area contributed by atoms with Crippen molar-refractivity contribution in [1.82, 2.24) is 10.2 Å². The van der Waals surface area contributed by atoms with E-state index in [1.54, 1.807) is 0 Å². The summed E-state index contributed by atoms with van der Waals surface area (Å²) in [6.45, 7) is 3.85. The highest BCUT2D eigenvalue weighted by Crippen LogP contribution is 2.28. The molecular weight excluding hydrogens is 280 g/mol. The Hall–Kier alpha value is -2.08. The number of hydrogen-bond donors (Lipinski definition) is 1. The molecule has 1 aliphatic rings. The van der Waals surface area contributed by atoms with Crippen LogP contribution < -0.4 is 5.32 Å². The van der Waals surface area contributed by atoms with Gasteiger partial charge in [-0.25, -0.2) is 0 Å². The number of terminal acetylenes is 1. The molecular formula is C21H24N2. The first-order chi connectivity index (χ1) is 11.4. The van der Waals surface area contributed by atoms with Gasteiger partial charge in [-0.15, -0.1) is 6.42 Å². The van der Waals surface area contributed by atoms with E-state index in [-0.39, 0.29) is 0 Å². The van der Waals surface area contributed by atoms with Crippen molar-refractivity contribution < 1.29 is 0 Å². The van der Waals surface area contributed by atoms with Crippen molar-refractivity contribution in [2.75, 3.05) is 19.6 Å². The average Bonchev–Trinajstić information content (AvgIpc) is 2.62. The summed E-state index contributed by atoms with van der Waals surface area (Å²) in [6.07, 6.45) is 6.57. The lowest BCUT2D eigenvalue weighted by Gasteiger charge is -2.39. The lowest BCUT2D eigenvalue weighted by molar-refractivity contribution is 0.169. The Morgan fingerprint density at radius 1 is 1.04 bits per heavy atom. The monoisotopic (exact) mass is 304 g/mol. The van der Waals surface area contributed by atoms with E-state index in [0.29, 0.717) is 18.5 Å². The minimum atomic E-state index is 0.459. The molecule has 2 atom stereocenters. The maximum atomic E-state index is 5.44. The molecule has 3 rings (SSSR count). The van der Waals surface area contributed by atoms with E-state index in [4.69, 9.17) is 6.42 Å². The fourth-order valence-corrected chi connectivity index (χ4v) is 3.48. The van der Waals surface area contributed by atoms with Crippen LogP contribution in [0.15, 0.2) is 60.7 Å². The second-order valence-corrected chi connectivity index (χ2v) is 6.22. The lowest BCUT2D eigenvalue weighted by atomic mass is 9.85. The first-order valence-electron chi connectivity index (χ1n) is 8.35. The van der Waals surface area contributed by atoms with Crippen molar-refractivity contribution in [2.24, 2.45) is 0 Å². The molecule has 1 aliphatic heterocycles. The van der Waals surface area contributed by atoms with Gasteiger partial charge in [-0.05, 0) is 17.5 Å². The first-order valence-corrected chi connectivity index (χ1v) is 8.35. The van der Waals surface area contributed by atoms with Gasteiger partial charge >= 0.3 is 0 Å². The van der Waals surface area contributed by atoms with Crippen LogP contribution in [0.3, 0.4) is 0 Å². The van der Waals surface area contributed by atoms with E-state index >= 15 is 0 Å². The van der Waals surface area contributed by atoms with Crippen LogP contribution >= 0.6 is 0 Å². The van der Waals surface area contributed by atoms with Crippen LogP contribution in [0.5, 0.6) is 0 Å². The van der Waals surface area contributed by atoms with Crippen LogP contribution in [-0.2, 0) is 6.54 Å². The molecule has 2 nitrogen and oxygen atoms in total. The average molecular weight is 304 g/mol. The molecule has 1 fully saturated rings. The molecule has 1 N–H and O–H groups in total. The van der Waals surface area contributed by atoms with Crippen LogP contribution in [-0.4, -0.2) is 30.6 Å². The van der Waals surface area contributed by atoms with E-state index < -0.39 is 0 Å². The Morgan fingerprint density at radius 3 is 2.43 bits per heavy atom. The molecule has 0 aromatic heterocycles. The molecule has 0 spiro atoms. The quantitative estimate of drug-likeness (QED) is 0.853. The Balaban J connectivity index is 1.72. The number of nitrogens with zero attached hydrogens (tertiary/aromatic N) is 1. The van der Waals surface area contributed by atoms with E-state index in [0.717, 1.165) is 26.1 Å². The molecule has 0 amide bonds. The van der Waals surface area contributed by atoms with Gasteiger partial charge in [-0.2, -0.15) is 0 Å². The first kappa shape index (κ1) is 15.8. The van der Waals surface area contributed by atoms with Gasteiger partial charge in [0.05, 0.1) is 6.54 Å². The second-order valence-electron chi connectivity index (χ2n) is 6.22. The fourth-order valence-electron chi connectivity index (χ4n) is 3.48. The van der Waals surface area contributed by atoms with Crippen LogP contribution in [0.2, 0.25) is 0 Å². The van der Waals surface area contributed by atoms with Crippen molar-refractivity contribution in [2.45, 2.75) is 24.9 Å². The summed E-state index contributed by atoms with van der Waals surface area (Å²) in [6, 6.07) is 22.0. The lowest BCUT2D eigenvalue weighted by Crippen LogP contribution is -2.47. The highest BCUT2D eigenvalue weighted by molar-refractivity contribution is 5.23. The van der Waals surface area contributed by atoms with E-state index in [1.807, 2.05) is 0 Å². The Morgan fingerprint density at radius 2 is 1.74 bits per heavy atom. The largest absolute Gasteiger partial charge is 0.303 e. The summed E-state index contributed by atoms with van der Waals surface area (Å²) in [4.78, 5) is 2.56. The molecule has 2 aromatic carbocycles. The van der Waals surface area contributed by atoms with Gasteiger partial charge in [0.2, 0.25) is 0 Å². The standard InChI is InChI=1S/C21H24N2/c1-2-14-22-21-13-15-23(16-18-9-5-3-6-10-18)17-20(21)19-11-7-4-8-12-19/h1,3-12,20-22H,13-17H2/t20-,21+/m0/s1. The summed E-state index contributed by atoms with van der Waals surface area (Å²) >= 11 is 0. The van der Waals surface area contributed by atoms with Gasteiger partial charge < -0.3 is 5.32 Å². The molecule has 2 aromatic rings. The van der Waals surface area contributed by atoms with Crippen molar-refractivity contribution in [3.8, 4) is 12.3 Å². The van der Waals surface area contributed by atoms with Crippen molar-refractivity contribution >= 4 is 0 Å². The van der Waals surface area contributed by atoms with E-state index in [1.165, 1.54) is 11.1 Å². The van der Waals surface area contributed by atoms with Crippen molar-refractivity contribution in [3.63, 3.8) is 0 Å². The summed E-state index contributed by atoms with van der Waals surface area (Å²) in [5.41, 5.74) is 2.79. The molecule has 0 saturated carbocycles. The molecule has 1 saturated heterocycles. The Bertz CT molecular complexity index is 630. The van der Waals surface area contributed by atoms with E-state index in [2.05, 4.69) is 76.8 Å². The SMILES string of the molecule is C#CCN[C@@H]1CCN(Cc2ccccc2)C[C@H]1c1ccccc1. The normalized spacial score (nSPS) is 21.7. The van der Waals surface area contributed by atoms with Crippen LogP contribution in [0.1, 0.15) is 23.5 Å². The molecule has 23 heavy (non-hydrogen) atoms. The molecule has 0 aliphatic carbocycles. The second kappa shape index (κ2) is 7.97. The van der Waals surface area contributed by atoms with Crippen LogP contribution in [0, 0.1) is 12.3 Å². The molecule has 0 radical (unpaired) electrons. The maximum Gasteiger partial charge on any atom is 0.0576 e. The number of piperidine rings is 1. The molecule has 1 heterocycles. The third-order valence-electron chi connectivity index (χ3n) is 4.64. The summed E-state index contributed by atoms with van der Waals surface area (Å²) < 4.78 is 0. The maximum absolute atomic E-state index is 5.44. The molecule has 2 heteroatoms. The smallest absolute Gasteiger partial charge is 0.0576 e. The number of nitrogens with one attached hydrogen (secondary N) is 1. The topological polar surface area (TPSA) is 15.3 Å². The van der Waals surface area contributed by atoms with Gasteiger partial charge in [0.15, 0.2) is 0 Å². The fraction of sp³-hybridized carbons (Fsp3) is 0.333. The molecule has 0 bridgehead atoms. The van der Waals surface area contributed by atoms with Gasteiger partial charge in [0.25, 0.3) is 0 Å². The van der Waals surface area contributed by atoms with Gasteiger partial charge in [0.1, 0.15) is 0 Å². The summed E-state index contributed by atoms with van der Waals surface area (Å²) in [5.74, 6) is 3.20. The number of likely N-dealkylation sites (tertiary alicyclic amines) is 1. The van der Waals surface area contributed by atoms with E-state index in [9.17, 15) is 0 Å². The zero-order chi connectivity index (χ0) is 15.9. The van der Waals surface area contributed by atoms with Gasteiger partial charge in [-0.3, -0.25) is 4.90 Å². The van der Waals surface area contributed by atoms with Crippen LogP contribution in [0.25, 0.3) is 0 Å². The van der Waals surface area contributed by atoms with Gasteiger partial charge in [0, 0.05) is 31.6 Å². The highest BCUT2D eigenvalue weighted by Gasteiger charge is 2.29. The Labute approximate surface area is 139 Å². The van der Waals surface area contributed by atoms with Gasteiger partial charge in [-0.1, -0.05) is 66.6 Å². The predicted molar refractivity (Wildman–Crippen MR) is 96.1 cm³/mol. The zero-order valence-electron chi connectivity index (χ0n) is 13.5. The molecule has 118 valence electrons. The minimum absolute atomic E-state index is 0.459. The van der Waals surface area contributed by atoms with Crippen LogP contribution in [0.4, 0.5) is 0 Å².